The molecule has 1 aliphatic heterocycles. The van der Waals surface area contributed by atoms with E-state index in [2.05, 4.69) is 10.1 Å². The van der Waals surface area contributed by atoms with Crippen molar-refractivity contribution in [2.24, 2.45) is 0 Å². The summed E-state index contributed by atoms with van der Waals surface area (Å²) in [6, 6.07) is 5.90. The Hall–Kier alpha value is -1.84. The monoisotopic (exact) mass is 355 g/mol. The highest BCUT2D eigenvalue weighted by molar-refractivity contribution is 7.88. The molecule has 7 nitrogen and oxygen atoms in total. The van der Waals surface area contributed by atoms with Crippen molar-refractivity contribution in [2.45, 2.75) is 24.7 Å². The highest BCUT2D eigenvalue weighted by Gasteiger charge is 2.34. The molecule has 1 saturated heterocycles. The number of ether oxygens (including phenoxy) is 1. The Balaban J connectivity index is 1.68. The highest BCUT2D eigenvalue weighted by atomic mass is 32.2. The zero-order chi connectivity index (χ0) is 17.2. The van der Waals surface area contributed by atoms with Crippen LogP contribution in [-0.4, -0.2) is 43.1 Å². The van der Waals surface area contributed by atoms with Crippen LogP contribution in [0.15, 0.2) is 28.8 Å². The summed E-state index contributed by atoms with van der Waals surface area (Å²) < 4.78 is 50.0. The second-order valence-corrected chi connectivity index (χ2v) is 7.64. The number of halogens is 1. The molecule has 0 aliphatic carbocycles. The van der Waals surface area contributed by atoms with Crippen LogP contribution in [-0.2, 0) is 27.1 Å². The van der Waals surface area contributed by atoms with E-state index in [0.29, 0.717) is 24.7 Å². The lowest BCUT2D eigenvalue weighted by molar-refractivity contribution is 0.151. The van der Waals surface area contributed by atoms with Gasteiger partial charge < -0.3 is 9.26 Å². The number of aromatic nitrogens is 2. The van der Waals surface area contributed by atoms with E-state index in [0.717, 1.165) is 0 Å². The molecule has 2 aromatic rings. The van der Waals surface area contributed by atoms with Gasteiger partial charge in [-0.3, -0.25) is 0 Å². The largest absolute Gasteiger partial charge is 0.375 e. The van der Waals surface area contributed by atoms with Crippen molar-refractivity contribution in [1.29, 1.82) is 0 Å². The fourth-order valence-electron chi connectivity index (χ4n) is 2.71. The van der Waals surface area contributed by atoms with Crippen molar-refractivity contribution in [3.8, 4) is 0 Å². The minimum Gasteiger partial charge on any atom is -0.375 e. The van der Waals surface area contributed by atoms with E-state index in [1.165, 1.54) is 29.6 Å². The first-order chi connectivity index (χ1) is 11.5. The topological polar surface area (TPSA) is 85.5 Å². The molecule has 0 radical (unpaired) electrons. The summed E-state index contributed by atoms with van der Waals surface area (Å²) in [4.78, 5) is 4.21. The number of hydrogen-bond acceptors (Lipinski definition) is 6. The molecular formula is C15H18FN3O4S. The highest BCUT2D eigenvalue weighted by Crippen LogP contribution is 2.28. The van der Waals surface area contributed by atoms with E-state index < -0.39 is 15.8 Å². The molecule has 1 aliphatic rings. The summed E-state index contributed by atoms with van der Waals surface area (Å²) in [7, 11) is -2.07. The predicted molar refractivity (Wildman–Crippen MR) is 83.0 cm³/mol. The van der Waals surface area contributed by atoms with Crippen LogP contribution < -0.4 is 0 Å². The molecule has 1 unspecified atom stereocenters. The van der Waals surface area contributed by atoms with Gasteiger partial charge in [0.15, 0.2) is 5.82 Å². The Morgan fingerprint density at radius 3 is 2.96 bits per heavy atom. The fraction of sp³-hybridized carbons (Fsp3) is 0.467. The van der Waals surface area contributed by atoms with Crippen LogP contribution in [0.25, 0.3) is 0 Å². The Kier molecular flexibility index (Phi) is 4.93. The Morgan fingerprint density at radius 1 is 1.42 bits per heavy atom. The molecule has 1 aromatic carbocycles. The molecule has 1 atom stereocenters. The predicted octanol–water partition coefficient (Wildman–Crippen LogP) is 1.67. The van der Waals surface area contributed by atoms with Crippen molar-refractivity contribution in [1.82, 2.24) is 14.4 Å². The number of benzene rings is 1. The molecule has 0 amide bonds. The van der Waals surface area contributed by atoms with Crippen LogP contribution >= 0.6 is 0 Å². The summed E-state index contributed by atoms with van der Waals surface area (Å²) in [6.07, 6.45) is 0.600. The van der Waals surface area contributed by atoms with Crippen molar-refractivity contribution >= 4 is 10.0 Å². The molecule has 130 valence electrons. The Labute approximate surface area is 139 Å². The zero-order valence-corrected chi connectivity index (χ0v) is 14.0. The van der Waals surface area contributed by atoms with Gasteiger partial charge in [0, 0.05) is 31.7 Å². The first-order valence-corrected chi connectivity index (χ1v) is 9.13. The third kappa shape index (κ3) is 3.63. The average Bonchev–Trinajstić information content (AvgIpc) is 3.19. The lowest BCUT2D eigenvalue weighted by Crippen LogP contribution is -2.30. The first kappa shape index (κ1) is 17.0. The van der Waals surface area contributed by atoms with Gasteiger partial charge >= 0.3 is 0 Å². The maximum absolute atomic E-state index is 13.7. The molecule has 24 heavy (non-hydrogen) atoms. The fourth-order valence-corrected chi connectivity index (χ4v) is 4.31. The van der Waals surface area contributed by atoms with Crippen molar-refractivity contribution in [3.63, 3.8) is 0 Å². The van der Waals surface area contributed by atoms with Gasteiger partial charge in [-0.05, 0) is 12.5 Å². The average molecular weight is 355 g/mol. The molecule has 0 N–H and O–H groups in total. The maximum Gasteiger partial charge on any atom is 0.252 e. The van der Waals surface area contributed by atoms with E-state index in [4.69, 9.17) is 9.26 Å². The first-order valence-electron chi connectivity index (χ1n) is 7.52. The molecule has 0 bridgehead atoms. The normalized spacial score (nSPS) is 19.0. The second-order valence-electron chi connectivity index (χ2n) is 5.67. The van der Waals surface area contributed by atoms with Gasteiger partial charge in [-0.15, -0.1) is 0 Å². The third-order valence-corrected chi connectivity index (χ3v) is 5.75. The molecule has 1 fully saturated rings. The van der Waals surface area contributed by atoms with E-state index in [1.807, 2.05) is 0 Å². The SMILES string of the molecule is COCc1nc(C2CCN(S(=O)(=O)Cc3ccccc3F)C2)no1. The lowest BCUT2D eigenvalue weighted by atomic mass is 10.1. The van der Waals surface area contributed by atoms with E-state index in [9.17, 15) is 12.8 Å². The summed E-state index contributed by atoms with van der Waals surface area (Å²) >= 11 is 0. The van der Waals surface area contributed by atoms with E-state index >= 15 is 0 Å². The lowest BCUT2D eigenvalue weighted by Gasteiger charge is -2.16. The van der Waals surface area contributed by atoms with Crippen molar-refractivity contribution in [3.05, 3.63) is 47.4 Å². The van der Waals surface area contributed by atoms with Crippen LogP contribution in [0.4, 0.5) is 4.39 Å². The number of hydrogen-bond donors (Lipinski definition) is 0. The van der Waals surface area contributed by atoms with Gasteiger partial charge in [-0.1, -0.05) is 23.4 Å². The van der Waals surface area contributed by atoms with Crippen LogP contribution in [0.1, 0.15) is 29.6 Å². The number of nitrogens with zero attached hydrogens (tertiary/aromatic N) is 3. The molecule has 2 heterocycles. The molecule has 9 heteroatoms. The summed E-state index contributed by atoms with van der Waals surface area (Å²) in [5, 5.41) is 3.88. The van der Waals surface area contributed by atoms with E-state index in [1.54, 1.807) is 6.07 Å². The van der Waals surface area contributed by atoms with Gasteiger partial charge in [0.2, 0.25) is 10.0 Å². The maximum atomic E-state index is 13.7. The quantitative estimate of drug-likeness (QED) is 0.784. The van der Waals surface area contributed by atoms with E-state index in [-0.39, 0.29) is 30.4 Å². The third-order valence-electron chi connectivity index (χ3n) is 3.96. The Morgan fingerprint density at radius 2 is 2.21 bits per heavy atom. The van der Waals surface area contributed by atoms with Gasteiger partial charge in [-0.2, -0.15) is 4.98 Å². The number of methoxy groups -OCH3 is 1. The molecular weight excluding hydrogens is 337 g/mol. The summed E-state index contributed by atoms with van der Waals surface area (Å²) in [6.45, 7) is 0.841. The van der Waals surface area contributed by atoms with Crippen LogP contribution in [0.2, 0.25) is 0 Å². The standard InChI is InChI=1S/C15H18FN3O4S/c1-22-9-14-17-15(18-23-14)11-6-7-19(8-11)24(20,21)10-12-4-2-3-5-13(12)16/h2-5,11H,6-10H2,1H3. The minimum atomic E-state index is -3.60. The molecule has 0 saturated carbocycles. The van der Waals surface area contributed by atoms with Gasteiger partial charge in [0.05, 0.1) is 5.75 Å². The number of rotatable bonds is 6. The van der Waals surface area contributed by atoms with Crippen LogP contribution in [0.3, 0.4) is 0 Å². The zero-order valence-electron chi connectivity index (χ0n) is 13.2. The molecule has 0 spiro atoms. The summed E-state index contributed by atoms with van der Waals surface area (Å²) in [5.41, 5.74) is 0.169. The minimum absolute atomic E-state index is 0.130. The van der Waals surface area contributed by atoms with Crippen molar-refractivity contribution < 1.29 is 22.1 Å². The van der Waals surface area contributed by atoms with Gasteiger partial charge in [-0.25, -0.2) is 17.1 Å². The number of sulfonamides is 1. The van der Waals surface area contributed by atoms with Crippen molar-refractivity contribution in [2.75, 3.05) is 20.2 Å². The van der Waals surface area contributed by atoms with Crippen LogP contribution in [0, 0.1) is 5.82 Å². The molecule has 3 rings (SSSR count). The smallest absolute Gasteiger partial charge is 0.252 e. The second kappa shape index (κ2) is 6.96. The molecule has 1 aromatic heterocycles. The van der Waals surface area contributed by atoms with Gasteiger partial charge in [0.25, 0.3) is 5.89 Å². The Bertz CT molecular complexity index is 809. The summed E-state index contributed by atoms with van der Waals surface area (Å²) in [5.74, 6) is -0.159. The van der Waals surface area contributed by atoms with Gasteiger partial charge in [0.1, 0.15) is 12.4 Å². The van der Waals surface area contributed by atoms with Crippen LogP contribution in [0.5, 0.6) is 0 Å².